The molecular weight excluding hydrogens is 659 g/mol. The number of carbonyl (C=O) groups excluding carboxylic acids is 1. The van der Waals surface area contributed by atoms with Crippen molar-refractivity contribution in [3.8, 4) is 0 Å². The van der Waals surface area contributed by atoms with E-state index in [9.17, 15) is 24.3 Å². The van der Waals surface area contributed by atoms with Gasteiger partial charge in [-0.2, -0.15) is 0 Å². The Labute approximate surface area is 361 Å². The first-order chi connectivity index (χ1) is 23.0. The van der Waals surface area contributed by atoms with Crippen LogP contribution < -0.4 is 131 Å². The third kappa shape index (κ3) is 12.1. The van der Waals surface area contributed by atoms with Gasteiger partial charge in [-0.15, -0.1) is 0 Å². The Hall–Kier alpha value is -1.08. The van der Waals surface area contributed by atoms with Crippen LogP contribution in [0.25, 0.3) is 22.3 Å². The summed E-state index contributed by atoms with van der Waals surface area (Å²) >= 11 is 0. The molecule has 0 saturated heterocycles. The number of aryl methyl sites for hydroxylation is 4. The number of hydrogen-bond acceptors (Lipinski definition) is 10. The maximum Gasteiger partial charge on any atom is 1.00 e. The molecule has 248 valence electrons. The van der Waals surface area contributed by atoms with E-state index in [1.54, 1.807) is 7.05 Å². The van der Waals surface area contributed by atoms with E-state index in [4.69, 9.17) is 19.6 Å². The Bertz CT molecular complexity index is 2070. The van der Waals surface area contributed by atoms with Gasteiger partial charge in [0.25, 0.3) is 17.6 Å². The first-order valence-corrected chi connectivity index (χ1v) is 13.1. The number of aromatic nitrogens is 8. The molecule has 3 N–H and O–H groups in total. The molecule has 0 aliphatic carbocycles. The fourth-order valence-corrected chi connectivity index (χ4v) is 4.12. The van der Waals surface area contributed by atoms with E-state index in [2.05, 4.69) is 14.9 Å². The number of imidazole rings is 2. The van der Waals surface area contributed by atoms with E-state index in [0.29, 0.717) is 11.2 Å². The standard InChI is InChI=1S/C13H20N4O3.C13H20N4O2.CH2O3.2K.H2O.H/c1-9(18)6-4-5-7-17-12(19)10-11(14-8-15(10)2)16(3)13(17)20;1-4-5-6-7-8-17-12(18)10-11(14-9-15(10)2)16(3)13(17)19;2-1-4-3;;;;/h8-9,18H,4-7H2,1-3H3;9H,4-8H2,1-3H3;1,3H;;;1H2;/q;;;2*+1;;-1/p-1/t9-;;;;;;/m1....../s1/i6D2,9D;4D,5D2,9D;;;;;/tm;4-;;;;;/m11...../s1. The molecule has 0 unspecified atom stereocenters. The third-order valence-electron chi connectivity index (χ3n) is 6.22. The zero-order valence-corrected chi connectivity index (χ0v) is 33.6. The number of hydrogen-bond donors (Lipinski definition) is 1. The molecule has 4 heterocycles. The van der Waals surface area contributed by atoms with E-state index in [0.717, 1.165) is 16.1 Å². The molecule has 2 atom stereocenters. The summed E-state index contributed by atoms with van der Waals surface area (Å²) in [5.41, 5.74) is -1.16. The van der Waals surface area contributed by atoms with Crippen molar-refractivity contribution < 1.29 is 139 Å². The zero-order chi connectivity index (χ0) is 38.5. The summed E-state index contributed by atoms with van der Waals surface area (Å²) in [7, 11) is 6.19. The van der Waals surface area contributed by atoms with Crippen LogP contribution >= 0.6 is 0 Å². The van der Waals surface area contributed by atoms with Gasteiger partial charge in [0.15, 0.2) is 22.3 Å². The summed E-state index contributed by atoms with van der Waals surface area (Å²) in [5.74, 6) is 0. The summed E-state index contributed by atoms with van der Waals surface area (Å²) in [6.07, 6.45) is -5.25. The Morgan fingerprint density at radius 2 is 1.41 bits per heavy atom. The maximum absolute atomic E-state index is 12.5. The van der Waals surface area contributed by atoms with Crippen LogP contribution in [0.1, 0.15) is 69.7 Å². The summed E-state index contributed by atoms with van der Waals surface area (Å²) in [5, 5.41) is 17.9. The molecule has 0 spiro atoms. The van der Waals surface area contributed by atoms with Gasteiger partial charge in [0, 0.05) is 48.1 Å². The van der Waals surface area contributed by atoms with Crippen molar-refractivity contribution in [3.63, 3.8) is 0 Å². The van der Waals surface area contributed by atoms with Gasteiger partial charge in [-0.1, -0.05) is 26.1 Å². The molecule has 0 bridgehead atoms. The van der Waals surface area contributed by atoms with Gasteiger partial charge in [0.2, 0.25) is 0 Å². The minimum atomic E-state index is -2.24. The predicted octanol–water partition coefficient (Wildman–Crippen LogP) is -7.27. The molecule has 0 aliphatic rings. The summed E-state index contributed by atoms with van der Waals surface area (Å²) < 4.78 is 60.8. The van der Waals surface area contributed by atoms with Crippen LogP contribution in [0.2, 0.25) is 0 Å². The van der Waals surface area contributed by atoms with Crippen molar-refractivity contribution in [1.82, 2.24) is 37.4 Å². The molecule has 0 radical (unpaired) electrons. The average Bonchev–Trinajstić information content (AvgIpc) is 3.57. The summed E-state index contributed by atoms with van der Waals surface area (Å²) in [4.78, 5) is 68.7. The van der Waals surface area contributed by atoms with Gasteiger partial charge in [-0.25, -0.2) is 19.6 Å². The van der Waals surface area contributed by atoms with Crippen molar-refractivity contribution in [2.45, 2.75) is 77.8 Å². The number of carbonyl (C=O) groups is 1. The van der Waals surface area contributed by atoms with E-state index in [1.807, 2.05) is 0 Å². The van der Waals surface area contributed by atoms with Crippen molar-refractivity contribution in [3.05, 3.63) is 54.3 Å². The second kappa shape index (κ2) is 23.3. The van der Waals surface area contributed by atoms with Gasteiger partial charge in [-0.3, -0.25) is 32.7 Å². The molecule has 0 saturated carbocycles. The van der Waals surface area contributed by atoms with Gasteiger partial charge >= 0.3 is 114 Å². The van der Waals surface area contributed by atoms with Gasteiger partial charge in [0.05, 0.1) is 20.1 Å². The first kappa shape index (κ1) is 34.8. The molecule has 4 aromatic heterocycles. The van der Waals surface area contributed by atoms with E-state index in [-0.39, 0.29) is 172 Å². The number of nitrogens with zero attached hydrogens (tertiary/aromatic N) is 8. The molecule has 17 nitrogen and oxygen atoms in total. The number of rotatable bonds is 11. The second-order valence-corrected chi connectivity index (χ2v) is 9.22. The van der Waals surface area contributed by atoms with Crippen molar-refractivity contribution >= 4 is 28.8 Å². The minimum absolute atomic E-state index is 0. The third-order valence-corrected chi connectivity index (χ3v) is 6.22. The van der Waals surface area contributed by atoms with Gasteiger partial charge < -0.3 is 31.3 Å². The molecular formula is C27H44K2N8O9. The number of fused-ring (bicyclic) bond motifs is 2. The van der Waals surface area contributed by atoms with Crippen LogP contribution in [0.15, 0.2) is 31.8 Å². The van der Waals surface area contributed by atoms with Crippen LogP contribution in [-0.4, -0.2) is 60.5 Å². The fraction of sp³-hybridized carbons (Fsp3) is 0.593. The Balaban J connectivity index is -0.000000820. The molecule has 46 heavy (non-hydrogen) atoms. The molecule has 0 aliphatic heterocycles. The normalized spacial score (nSPS) is 15.0. The van der Waals surface area contributed by atoms with E-state index < -0.39 is 47.7 Å². The molecule has 0 amide bonds. The van der Waals surface area contributed by atoms with Gasteiger partial charge in [-0.05, 0) is 32.6 Å². The van der Waals surface area contributed by atoms with Crippen molar-refractivity contribution in [2.24, 2.45) is 28.2 Å². The Morgan fingerprint density at radius 1 is 0.957 bits per heavy atom. The quantitative estimate of drug-likeness (QED) is 0.0670. The van der Waals surface area contributed by atoms with Crippen LogP contribution in [0.3, 0.4) is 0 Å². The smallest absolute Gasteiger partial charge is 1.00 e. The average molecular weight is 710 g/mol. The van der Waals surface area contributed by atoms with Crippen LogP contribution in [0, 0.1) is 0 Å². The predicted molar refractivity (Wildman–Crippen MR) is 162 cm³/mol. The molecule has 0 aromatic carbocycles. The van der Waals surface area contributed by atoms with Crippen LogP contribution in [0.5, 0.6) is 0 Å². The van der Waals surface area contributed by atoms with Gasteiger partial charge in [0.1, 0.15) is 1.37 Å². The maximum atomic E-state index is 12.5. The van der Waals surface area contributed by atoms with Crippen LogP contribution in [0.4, 0.5) is 0 Å². The molecule has 4 rings (SSSR count). The Kier molecular flexibility index (Phi) is 17.6. The second-order valence-electron chi connectivity index (χ2n) is 9.22. The summed E-state index contributed by atoms with van der Waals surface area (Å²) in [6.45, 7) is 2.43. The SMILES string of the molecule is O.O=CO[O-].[2H]C([2H])(CCCn1c(=O)c2c(ncn2C)n(C)c1=O)[C@@]([2H])(C)O.[2H]c1nc2c(c(=O)n(CCCC([2H])([2H])[C@H]([2H])C)c(=O)n2C)n1C.[H-].[K+].[K+]. The fourth-order valence-electron chi connectivity index (χ4n) is 4.12. The first-order valence-electron chi connectivity index (χ1n) is 16.6. The van der Waals surface area contributed by atoms with E-state index in [1.165, 1.54) is 52.7 Å². The minimum Gasteiger partial charge on any atom is -1.00 e. The summed E-state index contributed by atoms with van der Waals surface area (Å²) in [6, 6.07) is 0. The van der Waals surface area contributed by atoms with Crippen molar-refractivity contribution in [1.29, 1.82) is 0 Å². The van der Waals surface area contributed by atoms with E-state index >= 15 is 0 Å². The molecule has 4 aromatic rings. The van der Waals surface area contributed by atoms with Crippen molar-refractivity contribution in [2.75, 3.05) is 0 Å². The molecule has 0 fully saturated rings. The Morgan fingerprint density at radius 3 is 1.87 bits per heavy atom. The van der Waals surface area contributed by atoms with Crippen LogP contribution in [-0.2, 0) is 51.0 Å². The monoisotopic (exact) mass is 709 g/mol. The zero-order valence-electron chi connectivity index (χ0n) is 35.4. The topological polar surface area (TPSA) is 225 Å². The largest absolute Gasteiger partial charge is 1.00 e. The number of aliphatic hydroxyl groups is 1. The molecule has 19 heteroatoms.